The van der Waals surface area contributed by atoms with Crippen LogP contribution in [-0.2, 0) is 16.0 Å². The molecule has 0 saturated heterocycles. The predicted molar refractivity (Wildman–Crippen MR) is 111 cm³/mol. The number of H-pyrrole nitrogens is 1. The first-order chi connectivity index (χ1) is 14.1. The van der Waals surface area contributed by atoms with Crippen molar-refractivity contribution in [3.63, 3.8) is 0 Å². The Bertz CT molecular complexity index is 857. The maximum Gasteiger partial charge on any atom is 0.328 e. The number of methoxy groups -OCH3 is 2. The Morgan fingerprint density at radius 3 is 2.97 bits per heavy atom. The second-order valence-electron chi connectivity index (χ2n) is 6.70. The number of hydrogen-bond acceptors (Lipinski definition) is 6. The maximum absolute atomic E-state index is 13.2. The lowest BCUT2D eigenvalue weighted by Crippen LogP contribution is -2.51. The van der Waals surface area contributed by atoms with Gasteiger partial charge in [0.2, 0.25) is 0 Å². The van der Waals surface area contributed by atoms with Gasteiger partial charge in [0.25, 0.3) is 0 Å². The number of fused-ring (bicyclic) bond motifs is 1. The average molecular weight is 419 g/mol. The van der Waals surface area contributed by atoms with E-state index in [9.17, 15) is 9.59 Å². The van der Waals surface area contributed by atoms with Gasteiger partial charge in [-0.1, -0.05) is 12.1 Å². The van der Waals surface area contributed by atoms with Crippen LogP contribution < -0.4 is 10.1 Å². The van der Waals surface area contributed by atoms with Gasteiger partial charge >= 0.3 is 12.0 Å². The molecular formula is C20H26N4O4S. The number of hydrogen-bond donors (Lipinski definition) is 2. The summed E-state index contributed by atoms with van der Waals surface area (Å²) in [4.78, 5) is 34.7. The number of thioether (sulfide) groups is 1. The molecule has 0 saturated carbocycles. The van der Waals surface area contributed by atoms with Crippen molar-refractivity contribution in [1.29, 1.82) is 0 Å². The van der Waals surface area contributed by atoms with Crippen molar-refractivity contribution in [2.45, 2.75) is 24.9 Å². The quantitative estimate of drug-likeness (QED) is 0.670. The molecule has 0 unspecified atom stereocenters. The smallest absolute Gasteiger partial charge is 0.328 e. The number of ether oxygens (including phenoxy) is 2. The molecule has 3 rings (SSSR count). The first-order valence-electron chi connectivity index (χ1n) is 9.39. The van der Waals surface area contributed by atoms with Crippen molar-refractivity contribution in [1.82, 2.24) is 20.2 Å². The normalized spacial score (nSPS) is 16.7. The minimum absolute atomic E-state index is 0.317. The molecule has 9 heteroatoms. The van der Waals surface area contributed by atoms with Crippen molar-refractivity contribution in [2.75, 3.05) is 32.8 Å². The molecule has 1 aliphatic heterocycles. The summed E-state index contributed by atoms with van der Waals surface area (Å²) in [6, 6.07) is 6.22. The van der Waals surface area contributed by atoms with Gasteiger partial charge in [0.1, 0.15) is 17.8 Å². The molecule has 1 aromatic carbocycles. The molecule has 2 N–H and O–H groups in total. The lowest BCUT2D eigenvalue weighted by Gasteiger charge is -2.36. The summed E-state index contributed by atoms with van der Waals surface area (Å²) in [6.45, 7) is 0.499. The molecule has 0 fully saturated rings. The van der Waals surface area contributed by atoms with Gasteiger partial charge in [-0.2, -0.15) is 11.8 Å². The monoisotopic (exact) mass is 418 g/mol. The fourth-order valence-corrected chi connectivity index (χ4v) is 3.97. The van der Waals surface area contributed by atoms with Crippen molar-refractivity contribution in [3.8, 4) is 5.75 Å². The summed E-state index contributed by atoms with van der Waals surface area (Å²) in [5.41, 5.74) is 2.71. The van der Waals surface area contributed by atoms with E-state index >= 15 is 0 Å². The Labute approximate surface area is 174 Å². The lowest BCUT2D eigenvalue weighted by molar-refractivity contribution is -0.142. The van der Waals surface area contributed by atoms with Crippen LogP contribution in [0.1, 0.15) is 29.4 Å². The number of urea groups is 1. The van der Waals surface area contributed by atoms with Gasteiger partial charge in [0.05, 0.1) is 26.2 Å². The number of rotatable bonds is 7. The fraction of sp³-hybridized carbons (Fsp3) is 0.450. The summed E-state index contributed by atoms with van der Waals surface area (Å²) in [5, 5.41) is 2.85. The zero-order valence-corrected chi connectivity index (χ0v) is 17.6. The number of carbonyl (C=O) groups is 2. The highest BCUT2D eigenvalue weighted by Gasteiger charge is 2.35. The third-order valence-electron chi connectivity index (χ3n) is 4.99. The Morgan fingerprint density at radius 1 is 1.41 bits per heavy atom. The molecule has 1 aliphatic rings. The van der Waals surface area contributed by atoms with Gasteiger partial charge in [0.15, 0.2) is 0 Å². The van der Waals surface area contributed by atoms with E-state index in [1.54, 1.807) is 30.1 Å². The van der Waals surface area contributed by atoms with Crippen LogP contribution in [0.4, 0.5) is 4.79 Å². The minimum atomic E-state index is -0.688. The first-order valence-corrected chi connectivity index (χ1v) is 10.8. The standard InChI is InChI=1S/C20H26N4O4S/c1-27-14-6-4-5-13(11-14)18-17-15(21-12-22-17)7-9-24(18)20(26)23-16(8-10-29-3)19(25)28-2/h4-6,11-12,16,18H,7-10H2,1-3H3,(H,21,22)(H,23,26)/t16-,18-/m1/s1. The van der Waals surface area contributed by atoms with Crippen LogP contribution in [0, 0.1) is 0 Å². The van der Waals surface area contributed by atoms with E-state index in [0.29, 0.717) is 25.1 Å². The number of carbonyl (C=O) groups excluding carboxylic acids is 2. The molecule has 1 aromatic heterocycles. The summed E-state index contributed by atoms with van der Waals surface area (Å²) >= 11 is 1.61. The van der Waals surface area contributed by atoms with Crippen molar-refractivity contribution >= 4 is 23.8 Å². The third-order valence-corrected chi connectivity index (χ3v) is 5.63. The van der Waals surface area contributed by atoms with E-state index in [1.165, 1.54) is 7.11 Å². The summed E-state index contributed by atoms with van der Waals surface area (Å²) in [6.07, 6.45) is 4.77. The number of imidazole rings is 1. The van der Waals surface area contributed by atoms with Crippen LogP contribution in [0.2, 0.25) is 0 Å². The molecule has 29 heavy (non-hydrogen) atoms. The molecule has 156 valence electrons. The number of esters is 1. The van der Waals surface area contributed by atoms with Gasteiger partial charge in [-0.05, 0) is 36.1 Å². The number of aromatic amines is 1. The molecule has 2 aromatic rings. The Balaban J connectivity index is 1.89. The van der Waals surface area contributed by atoms with Crippen LogP contribution in [-0.4, -0.2) is 65.7 Å². The summed E-state index contributed by atoms with van der Waals surface area (Å²) < 4.78 is 10.2. The second-order valence-corrected chi connectivity index (χ2v) is 7.68. The van der Waals surface area contributed by atoms with E-state index in [0.717, 1.165) is 22.7 Å². The zero-order valence-electron chi connectivity index (χ0n) is 16.8. The molecule has 0 spiro atoms. The number of amides is 2. The summed E-state index contributed by atoms with van der Waals surface area (Å²) in [7, 11) is 2.94. The Kier molecular flexibility index (Phi) is 7.03. The van der Waals surface area contributed by atoms with Crippen LogP contribution in [0.25, 0.3) is 0 Å². The number of nitrogens with one attached hydrogen (secondary N) is 2. The lowest BCUT2D eigenvalue weighted by atomic mass is 9.95. The fourth-order valence-electron chi connectivity index (χ4n) is 3.50. The van der Waals surface area contributed by atoms with Crippen molar-refractivity contribution < 1.29 is 19.1 Å². The predicted octanol–water partition coefficient (Wildman–Crippen LogP) is 2.37. The van der Waals surface area contributed by atoms with Gasteiger partial charge in [-0.3, -0.25) is 0 Å². The number of aromatic nitrogens is 2. The largest absolute Gasteiger partial charge is 0.497 e. The molecule has 2 atom stereocenters. The van der Waals surface area contributed by atoms with E-state index < -0.39 is 12.0 Å². The van der Waals surface area contributed by atoms with Gasteiger partial charge < -0.3 is 24.7 Å². The molecule has 0 radical (unpaired) electrons. The molecule has 0 bridgehead atoms. The van der Waals surface area contributed by atoms with Crippen LogP contribution in [0.3, 0.4) is 0 Å². The number of nitrogens with zero attached hydrogens (tertiary/aromatic N) is 2. The van der Waals surface area contributed by atoms with Gasteiger partial charge in [-0.25, -0.2) is 14.6 Å². The number of benzene rings is 1. The topological polar surface area (TPSA) is 96.6 Å². The molecule has 2 heterocycles. The van der Waals surface area contributed by atoms with Gasteiger partial charge in [-0.15, -0.1) is 0 Å². The van der Waals surface area contributed by atoms with Crippen molar-refractivity contribution in [2.24, 2.45) is 0 Å². The highest BCUT2D eigenvalue weighted by molar-refractivity contribution is 7.98. The van der Waals surface area contributed by atoms with Crippen molar-refractivity contribution in [3.05, 3.63) is 47.5 Å². The highest BCUT2D eigenvalue weighted by atomic mass is 32.2. The van der Waals surface area contributed by atoms with E-state index in [1.807, 2.05) is 30.5 Å². The molecule has 8 nitrogen and oxygen atoms in total. The van der Waals surface area contributed by atoms with E-state index in [-0.39, 0.29) is 12.1 Å². The molecular weight excluding hydrogens is 392 g/mol. The average Bonchev–Trinajstić information content (AvgIpc) is 3.24. The highest BCUT2D eigenvalue weighted by Crippen LogP contribution is 2.34. The minimum Gasteiger partial charge on any atom is -0.497 e. The van der Waals surface area contributed by atoms with Crippen LogP contribution in [0.15, 0.2) is 30.6 Å². The summed E-state index contributed by atoms with van der Waals surface area (Å²) in [5.74, 6) is 1.00. The zero-order chi connectivity index (χ0) is 20.8. The Hall–Kier alpha value is -2.68. The second kappa shape index (κ2) is 9.69. The molecule has 0 aliphatic carbocycles. The molecule has 2 amide bonds. The third kappa shape index (κ3) is 4.67. The van der Waals surface area contributed by atoms with Gasteiger partial charge in [0, 0.05) is 18.7 Å². The van der Waals surface area contributed by atoms with Crippen LogP contribution in [0.5, 0.6) is 5.75 Å². The van der Waals surface area contributed by atoms with E-state index in [4.69, 9.17) is 9.47 Å². The first kappa shape index (κ1) is 21.0. The van der Waals surface area contributed by atoms with E-state index in [2.05, 4.69) is 15.3 Å². The van der Waals surface area contributed by atoms with Crippen LogP contribution >= 0.6 is 11.8 Å². The maximum atomic E-state index is 13.2. The SMILES string of the molecule is COC(=O)[C@@H](CCSC)NC(=O)N1CCc2[nH]cnc2[C@H]1c1cccc(OC)c1. The Morgan fingerprint density at radius 2 is 2.24 bits per heavy atom.